The molecule has 0 N–H and O–H groups in total. The lowest BCUT2D eigenvalue weighted by molar-refractivity contribution is 0.168. The highest BCUT2D eigenvalue weighted by Crippen LogP contribution is 2.21. The predicted molar refractivity (Wildman–Crippen MR) is 63.5 cm³/mol. The number of hydrogen-bond donors (Lipinski definition) is 0. The van der Waals surface area contributed by atoms with Crippen molar-refractivity contribution in [3.63, 3.8) is 0 Å². The quantitative estimate of drug-likeness (QED) is 0.550. The van der Waals surface area contributed by atoms with E-state index in [4.69, 9.17) is 8.85 Å². The maximum Gasteiger partial charge on any atom is 0.337 e. The largest absolute Gasteiger partial charge is 0.394 e. The Morgan fingerprint density at radius 2 is 1.50 bits per heavy atom. The molecule has 0 spiro atoms. The van der Waals surface area contributed by atoms with Gasteiger partial charge >= 0.3 is 8.56 Å². The first kappa shape index (κ1) is 14.1. The summed E-state index contributed by atoms with van der Waals surface area (Å²) in [5.74, 6) is 0. The average molecular weight is 217 g/mol. The minimum absolute atomic E-state index is 0.837. The van der Waals surface area contributed by atoms with Crippen molar-refractivity contribution in [2.45, 2.75) is 52.1 Å². The van der Waals surface area contributed by atoms with Gasteiger partial charge in [-0.2, -0.15) is 0 Å². The molecule has 0 saturated carbocycles. The van der Waals surface area contributed by atoms with Gasteiger partial charge in [0.05, 0.1) is 0 Å². The van der Waals surface area contributed by atoms with Crippen molar-refractivity contribution >= 4 is 8.56 Å². The van der Waals surface area contributed by atoms with Crippen LogP contribution in [0.15, 0.2) is 0 Å². The molecule has 3 heteroatoms. The smallest absolute Gasteiger partial charge is 0.337 e. The van der Waals surface area contributed by atoms with Gasteiger partial charge in [0.1, 0.15) is 0 Å². The van der Waals surface area contributed by atoms with Gasteiger partial charge in [-0.25, -0.2) is 0 Å². The molecule has 0 rings (SSSR count). The second kappa shape index (κ2) is 8.45. The molecule has 2 nitrogen and oxygen atoms in total. The molecule has 0 aliphatic rings. The van der Waals surface area contributed by atoms with Crippen LogP contribution in [0.4, 0.5) is 0 Å². The molecule has 0 unspecified atom stereocenters. The maximum absolute atomic E-state index is 5.95. The van der Waals surface area contributed by atoms with Crippen LogP contribution in [0.5, 0.6) is 0 Å². The lowest BCUT2D eigenvalue weighted by atomic mass is 10.5. The zero-order valence-corrected chi connectivity index (χ0v) is 11.0. The zero-order chi connectivity index (χ0) is 10.9. The topological polar surface area (TPSA) is 18.5 Å². The van der Waals surface area contributed by atoms with Gasteiger partial charge in [-0.05, 0) is 24.9 Å². The predicted octanol–water partition coefficient (Wildman–Crippen LogP) is 3.53. The third-order valence-corrected chi connectivity index (χ3v) is 5.89. The number of hydrogen-bond acceptors (Lipinski definition) is 2. The van der Waals surface area contributed by atoms with E-state index in [1.54, 1.807) is 0 Å². The van der Waals surface area contributed by atoms with Crippen molar-refractivity contribution in [2.75, 3.05) is 13.2 Å². The van der Waals surface area contributed by atoms with Crippen LogP contribution >= 0.6 is 0 Å². The van der Waals surface area contributed by atoms with Crippen molar-refractivity contribution < 1.29 is 8.85 Å². The van der Waals surface area contributed by atoms with Crippen LogP contribution in [-0.4, -0.2) is 21.8 Å². The summed E-state index contributed by atoms with van der Waals surface area (Å²) >= 11 is 0. The van der Waals surface area contributed by atoms with Gasteiger partial charge < -0.3 is 8.85 Å². The van der Waals surface area contributed by atoms with E-state index < -0.39 is 8.56 Å². The number of rotatable bonds is 9. The standard InChI is InChI=1S/C11H25O2Si/c1-5-9-12-14(8-4,11-7-3)13-10-6-2/h3,5-11H2,1-2,4H3. The van der Waals surface area contributed by atoms with Gasteiger partial charge in [0.25, 0.3) is 0 Å². The minimum Gasteiger partial charge on any atom is -0.394 e. The van der Waals surface area contributed by atoms with Crippen molar-refractivity contribution in [1.29, 1.82) is 0 Å². The molecule has 0 atom stereocenters. The summed E-state index contributed by atoms with van der Waals surface area (Å²) in [6, 6.07) is 2.08. The highest BCUT2D eigenvalue weighted by molar-refractivity contribution is 6.67. The molecule has 0 fully saturated rings. The molecule has 0 aliphatic heterocycles. The third kappa shape index (κ3) is 5.13. The van der Waals surface area contributed by atoms with Gasteiger partial charge in [-0.15, -0.1) is 0 Å². The summed E-state index contributed by atoms with van der Waals surface area (Å²) in [4.78, 5) is 0. The van der Waals surface area contributed by atoms with E-state index in [1.807, 2.05) is 0 Å². The minimum atomic E-state index is -1.87. The maximum atomic E-state index is 5.95. The van der Waals surface area contributed by atoms with E-state index in [1.165, 1.54) is 0 Å². The summed E-state index contributed by atoms with van der Waals surface area (Å²) in [7, 11) is -1.87. The fraction of sp³-hybridized carbons (Fsp3) is 0.909. The first-order valence-electron chi connectivity index (χ1n) is 5.81. The lowest BCUT2D eigenvalue weighted by Gasteiger charge is -2.29. The molecule has 0 heterocycles. The van der Waals surface area contributed by atoms with E-state index >= 15 is 0 Å². The monoisotopic (exact) mass is 217 g/mol. The molecule has 0 aromatic carbocycles. The third-order valence-electron chi connectivity index (χ3n) is 2.23. The van der Waals surface area contributed by atoms with Crippen LogP contribution in [-0.2, 0) is 8.85 Å². The molecule has 0 bridgehead atoms. The Balaban J connectivity index is 4.11. The molecule has 1 radical (unpaired) electrons. The summed E-state index contributed by atoms with van der Waals surface area (Å²) in [5.41, 5.74) is 0. The first-order valence-corrected chi connectivity index (χ1v) is 8.04. The fourth-order valence-corrected chi connectivity index (χ4v) is 4.24. The average Bonchev–Trinajstić information content (AvgIpc) is 2.22. The molecule has 0 saturated heterocycles. The Kier molecular flexibility index (Phi) is 8.53. The van der Waals surface area contributed by atoms with Crippen molar-refractivity contribution in [3.05, 3.63) is 6.92 Å². The lowest BCUT2D eigenvalue weighted by Crippen LogP contribution is -2.41. The normalized spacial score (nSPS) is 12.0. The Hall–Kier alpha value is 0.137. The van der Waals surface area contributed by atoms with Crippen LogP contribution in [0.25, 0.3) is 0 Å². The van der Waals surface area contributed by atoms with Gasteiger partial charge in [0, 0.05) is 13.2 Å². The Labute approximate surface area is 90.2 Å². The summed E-state index contributed by atoms with van der Waals surface area (Å²) in [5, 5.41) is 0. The highest BCUT2D eigenvalue weighted by atomic mass is 28.4. The second-order valence-electron chi connectivity index (χ2n) is 3.56. The molecule has 0 amide bonds. The SMILES string of the molecule is [CH2]CC[Si](CC)(OCCC)OCCC. The summed E-state index contributed by atoms with van der Waals surface area (Å²) in [6.07, 6.45) is 3.07. The van der Waals surface area contributed by atoms with Crippen LogP contribution in [0.3, 0.4) is 0 Å². The fourth-order valence-electron chi connectivity index (χ4n) is 1.41. The first-order chi connectivity index (χ1) is 6.74. The van der Waals surface area contributed by atoms with Crippen molar-refractivity contribution in [1.82, 2.24) is 0 Å². The van der Waals surface area contributed by atoms with Gasteiger partial charge in [0.15, 0.2) is 0 Å². The van der Waals surface area contributed by atoms with Crippen molar-refractivity contribution in [3.8, 4) is 0 Å². The van der Waals surface area contributed by atoms with E-state index in [0.717, 1.165) is 44.6 Å². The van der Waals surface area contributed by atoms with E-state index in [9.17, 15) is 0 Å². The van der Waals surface area contributed by atoms with Crippen LogP contribution in [0, 0.1) is 6.92 Å². The second-order valence-corrected chi connectivity index (χ2v) is 7.17. The molecule has 0 aromatic rings. The van der Waals surface area contributed by atoms with Gasteiger partial charge in [0.2, 0.25) is 0 Å². The molecular formula is C11H25O2Si. The van der Waals surface area contributed by atoms with Gasteiger partial charge in [-0.1, -0.05) is 34.1 Å². The Bertz CT molecular complexity index is 120. The molecule has 0 aromatic heterocycles. The Morgan fingerprint density at radius 3 is 1.79 bits per heavy atom. The van der Waals surface area contributed by atoms with E-state index in [2.05, 4.69) is 27.7 Å². The summed E-state index contributed by atoms with van der Waals surface area (Å²) < 4.78 is 11.9. The van der Waals surface area contributed by atoms with Crippen molar-refractivity contribution in [2.24, 2.45) is 0 Å². The van der Waals surface area contributed by atoms with E-state index in [-0.39, 0.29) is 0 Å². The van der Waals surface area contributed by atoms with Crippen LogP contribution < -0.4 is 0 Å². The molecule has 14 heavy (non-hydrogen) atoms. The van der Waals surface area contributed by atoms with Crippen LogP contribution in [0.1, 0.15) is 40.0 Å². The Morgan fingerprint density at radius 1 is 1.00 bits per heavy atom. The summed E-state index contributed by atoms with van der Waals surface area (Å²) in [6.45, 7) is 12.0. The molecular weight excluding hydrogens is 192 g/mol. The van der Waals surface area contributed by atoms with E-state index in [0.29, 0.717) is 0 Å². The highest BCUT2D eigenvalue weighted by Gasteiger charge is 2.33. The zero-order valence-electron chi connectivity index (χ0n) is 9.97. The van der Waals surface area contributed by atoms with Gasteiger partial charge in [-0.3, -0.25) is 0 Å². The van der Waals surface area contributed by atoms with Crippen LogP contribution in [0.2, 0.25) is 12.1 Å². The molecule has 0 aliphatic carbocycles. The molecule has 85 valence electrons.